The number of nitrogen functional groups attached to an aromatic ring is 1. The number of carbonyl (C=O) groups excluding carboxylic acids is 1. The quantitative estimate of drug-likeness (QED) is 0.289. The van der Waals surface area contributed by atoms with E-state index in [1.165, 1.54) is 12.7 Å². The summed E-state index contributed by atoms with van der Waals surface area (Å²) in [6.45, 7) is 4.28. The van der Waals surface area contributed by atoms with E-state index in [-0.39, 0.29) is 18.1 Å². The van der Waals surface area contributed by atoms with Crippen LogP contribution in [0.3, 0.4) is 0 Å². The molecule has 0 aliphatic carbocycles. The Balaban J connectivity index is 1.39. The number of nitrogens with one attached hydrogen (secondary N) is 1. The lowest BCUT2D eigenvalue weighted by Crippen LogP contribution is -2.37. The van der Waals surface area contributed by atoms with Gasteiger partial charge in [0.05, 0.1) is 24.9 Å². The highest BCUT2D eigenvalue weighted by molar-refractivity contribution is 5.93. The third-order valence-electron chi connectivity index (χ3n) is 6.10. The second-order valence-electron chi connectivity index (χ2n) is 8.33. The van der Waals surface area contributed by atoms with Gasteiger partial charge in [-0.25, -0.2) is 9.97 Å². The van der Waals surface area contributed by atoms with E-state index >= 15 is 0 Å². The molecule has 2 unspecified atom stereocenters. The van der Waals surface area contributed by atoms with Crippen LogP contribution >= 0.6 is 0 Å². The monoisotopic (exact) mass is 449 g/mol. The van der Waals surface area contributed by atoms with Crippen LogP contribution in [0.25, 0.3) is 10.9 Å². The minimum Gasteiger partial charge on any atom is -0.491 e. The summed E-state index contributed by atoms with van der Waals surface area (Å²) in [6, 6.07) is 13.9. The van der Waals surface area contributed by atoms with Crippen molar-refractivity contribution in [2.24, 2.45) is 0 Å². The van der Waals surface area contributed by atoms with Crippen molar-refractivity contribution in [1.82, 2.24) is 14.9 Å². The van der Waals surface area contributed by atoms with Gasteiger partial charge in [-0.2, -0.15) is 0 Å². The lowest BCUT2D eigenvalue weighted by atomic mass is 10.1. The molecule has 0 saturated carbocycles. The SMILES string of the molecule is COC(=O)C1CCCN1CCCOc1cc2ncnc(NC(C)c3ccccc3)c2cc1N. The number of nitrogens with two attached hydrogens (primary N) is 1. The molecule has 1 aliphatic heterocycles. The summed E-state index contributed by atoms with van der Waals surface area (Å²) in [4.78, 5) is 22.9. The number of methoxy groups -OCH3 is 1. The van der Waals surface area contributed by atoms with Crippen LogP contribution in [-0.4, -0.2) is 53.7 Å². The van der Waals surface area contributed by atoms with Crippen molar-refractivity contribution in [2.75, 3.05) is 37.9 Å². The summed E-state index contributed by atoms with van der Waals surface area (Å²) in [5.41, 5.74) is 8.78. The lowest BCUT2D eigenvalue weighted by Gasteiger charge is -2.22. The van der Waals surface area contributed by atoms with Crippen LogP contribution in [0.4, 0.5) is 11.5 Å². The highest BCUT2D eigenvalue weighted by atomic mass is 16.5. The second kappa shape index (κ2) is 10.5. The Kier molecular flexibility index (Phi) is 7.24. The molecule has 2 atom stereocenters. The fourth-order valence-electron chi connectivity index (χ4n) is 4.32. The summed E-state index contributed by atoms with van der Waals surface area (Å²) in [5.74, 6) is 1.18. The van der Waals surface area contributed by atoms with Crippen molar-refractivity contribution < 1.29 is 14.3 Å². The molecule has 2 aromatic carbocycles. The third-order valence-corrected chi connectivity index (χ3v) is 6.10. The summed E-state index contributed by atoms with van der Waals surface area (Å²) < 4.78 is 10.9. The third kappa shape index (κ3) is 5.34. The van der Waals surface area contributed by atoms with E-state index in [1.54, 1.807) is 6.33 Å². The zero-order valence-electron chi connectivity index (χ0n) is 19.2. The molecular formula is C25H31N5O3. The minimum absolute atomic E-state index is 0.0841. The molecule has 1 aromatic heterocycles. The molecule has 174 valence electrons. The van der Waals surface area contributed by atoms with Gasteiger partial charge in [-0.05, 0) is 44.4 Å². The zero-order chi connectivity index (χ0) is 23.2. The number of likely N-dealkylation sites (tertiary alicyclic amines) is 1. The largest absolute Gasteiger partial charge is 0.491 e. The van der Waals surface area contributed by atoms with Gasteiger partial charge in [0.25, 0.3) is 0 Å². The van der Waals surface area contributed by atoms with Crippen LogP contribution in [0.2, 0.25) is 0 Å². The van der Waals surface area contributed by atoms with Crippen molar-refractivity contribution in [2.45, 2.75) is 38.3 Å². The smallest absolute Gasteiger partial charge is 0.323 e. The fraction of sp³-hybridized carbons (Fsp3) is 0.400. The molecule has 8 nitrogen and oxygen atoms in total. The second-order valence-corrected chi connectivity index (χ2v) is 8.33. The summed E-state index contributed by atoms with van der Waals surface area (Å²) in [5, 5.41) is 4.31. The van der Waals surface area contributed by atoms with Crippen LogP contribution in [0.5, 0.6) is 5.75 Å². The number of esters is 1. The van der Waals surface area contributed by atoms with Crippen LogP contribution in [0.1, 0.15) is 37.8 Å². The van der Waals surface area contributed by atoms with Gasteiger partial charge in [0.1, 0.15) is 23.9 Å². The van der Waals surface area contributed by atoms with Crippen molar-refractivity contribution in [3.8, 4) is 5.75 Å². The van der Waals surface area contributed by atoms with E-state index in [0.717, 1.165) is 49.1 Å². The number of fused-ring (bicyclic) bond motifs is 1. The lowest BCUT2D eigenvalue weighted by molar-refractivity contribution is -0.145. The van der Waals surface area contributed by atoms with E-state index in [9.17, 15) is 4.79 Å². The van der Waals surface area contributed by atoms with E-state index in [1.807, 2.05) is 30.3 Å². The maximum absolute atomic E-state index is 11.9. The predicted molar refractivity (Wildman–Crippen MR) is 129 cm³/mol. The van der Waals surface area contributed by atoms with Crippen molar-refractivity contribution in [3.05, 3.63) is 54.4 Å². The van der Waals surface area contributed by atoms with Crippen LogP contribution in [0.15, 0.2) is 48.8 Å². The Bertz CT molecular complexity index is 1090. The summed E-state index contributed by atoms with van der Waals surface area (Å²) >= 11 is 0. The first-order valence-corrected chi connectivity index (χ1v) is 11.4. The Morgan fingerprint density at radius 1 is 1.27 bits per heavy atom. The first-order chi connectivity index (χ1) is 16.1. The van der Waals surface area contributed by atoms with Crippen LogP contribution in [0, 0.1) is 0 Å². The fourth-order valence-corrected chi connectivity index (χ4v) is 4.32. The Hall–Kier alpha value is -3.39. The van der Waals surface area contributed by atoms with Crippen molar-refractivity contribution in [1.29, 1.82) is 0 Å². The number of ether oxygens (including phenoxy) is 2. The van der Waals surface area contributed by atoms with E-state index < -0.39 is 0 Å². The maximum atomic E-state index is 11.9. The standard InChI is InChI=1S/C25H31N5O3/c1-17(18-8-4-3-5-9-18)29-24-19-14-20(26)23(15-21(19)27-16-28-24)33-13-7-12-30-11-6-10-22(30)25(31)32-2/h3-5,8-9,14-17,22H,6-7,10-13,26H2,1-2H3,(H,27,28,29). The number of hydrogen-bond donors (Lipinski definition) is 2. The number of anilines is 2. The topological polar surface area (TPSA) is 103 Å². The van der Waals surface area contributed by atoms with Gasteiger partial charge in [0, 0.05) is 24.0 Å². The first kappa shape index (κ1) is 22.8. The van der Waals surface area contributed by atoms with Crippen LogP contribution in [-0.2, 0) is 9.53 Å². The highest BCUT2D eigenvalue weighted by Gasteiger charge is 2.30. The minimum atomic E-state index is -0.155. The van der Waals surface area contributed by atoms with Gasteiger partial charge in [-0.1, -0.05) is 30.3 Å². The van der Waals surface area contributed by atoms with E-state index in [0.29, 0.717) is 18.0 Å². The summed E-state index contributed by atoms with van der Waals surface area (Å²) in [7, 11) is 1.44. The molecule has 0 bridgehead atoms. The molecule has 4 rings (SSSR count). The van der Waals surface area contributed by atoms with E-state index in [4.69, 9.17) is 15.2 Å². The van der Waals surface area contributed by atoms with Gasteiger partial charge in [-0.15, -0.1) is 0 Å². The number of carbonyl (C=O) groups is 1. The van der Waals surface area contributed by atoms with Gasteiger partial charge < -0.3 is 20.5 Å². The van der Waals surface area contributed by atoms with E-state index in [2.05, 4.69) is 39.2 Å². The van der Waals surface area contributed by atoms with Gasteiger partial charge in [-0.3, -0.25) is 9.69 Å². The molecule has 1 aliphatic rings. The predicted octanol–water partition coefficient (Wildman–Crippen LogP) is 3.79. The molecule has 2 heterocycles. The average molecular weight is 450 g/mol. The normalized spacial score (nSPS) is 17.1. The number of benzene rings is 2. The molecule has 3 aromatic rings. The molecule has 3 N–H and O–H groups in total. The molecule has 1 saturated heterocycles. The number of nitrogens with zero attached hydrogens (tertiary/aromatic N) is 3. The molecule has 8 heteroatoms. The molecule has 0 amide bonds. The van der Waals surface area contributed by atoms with Crippen LogP contribution < -0.4 is 15.8 Å². The Morgan fingerprint density at radius 3 is 2.88 bits per heavy atom. The zero-order valence-corrected chi connectivity index (χ0v) is 19.2. The number of hydrogen-bond acceptors (Lipinski definition) is 8. The average Bonchev–Trinajstić information content (AvgIpc) is 3.31. The molecular weight excluding hydrogens is 418 g/mol. The Labute approximate surface area is 194 Å². The number of aromatic nitrogens is 2. The molecule has 0 spiro atoms. The number of rotatable bonds is 9. The van der Waals surface area contributed by atoms with Crippen molar-refractivity contribution in [3.63, 3.8) is 0 Å². The maximum Gasteiger partial charge on any atom is 0.323 e. The highest BCUT2D eigenvalue weighted by Crippen LogP contribution is 2.31. The Morgan fingerprint density at radius 2 is 2.09 bits per heavy atom. The summed E-state index contributed by atoms with van der Waals surface area (Å²) in [6.07, 6.45) is 4.19. The molecule has 0 radical (unpaired) electrons. The van der Waals surface area contributed by atoms with Gasteiger partial charge >= 0.3 is 5.97 Å². The van der Waals surface area contributed by atoms with Gasteiger partial charge in [0.15, 0.2) is 0 Å². The van der Waals surface area contributed by atoms with Crippen molar-refractivity contribution >= 4 is 28.4 Å². The molecule has 33 heavy (non-hydrogen) atoms. The van der Waals surface area contributed by atoms with Gasteiger partial charge in [0.2, 0.25) is 0 Å². The molecule has 1 fully saturated rings. The first-order valence-electron chi connectivity index (χ1n) is 11.4.